The Kier molecular flexibility index (Phi) is 4.17. The topological polar surface area (TPSA) is 35.2 Å². The average Bonchev–Trinajstić information content (AvgIpc) is 2.39. The fourth-order valence-corrected chi connectivity index (χ4v) is 2.08. The molecule has 0 aliphatic carbocycles. The summed E-state index contributed by atoms with van der Waals surface area (Å²) < 4.78 is 19.1. The van der Waals surface area contributed by atoms with E-state index in [1.807, 2.05) is 31.2 Å². The molecule has 0 aliphatic rings. The van der Waals surface area contributed by atoms with E-state index in [9.17, 15) is 4.39 Å². The first kappa shape index (κ1) is 13.6. The van der Waals surface area contributed by atoms with Gasteiger partial charge in [-0.3, -0.25) is 0 Å². The van der Waals surface area contributed by atoms with Crippen molar-refractivity contribution in [2.75, 3.05) is 7.11 Å². The Morgan fingerprint density at radius 1 is 1.16 bits per heavy atom. The van der Waals surface area contributed by atoms with E-state index in [0.717, 1.165) is 17.5 Å². The second-order valence-corrected chi connectivity index (χ2v) is 4.70. The number of methoxy groups -OCH3 is 1. The van der Waals surface area contributed by atoms with Crippen LogP contribution >= 0.6 is 0 Å². The summed E-state index contributed by atoms with van der Waals surface area (Å²) in [5.74, 6) is -0.0675. The van der Waals surface area contributed by atoms with Gasteiger partial charge >= 0.3 is 0 Å². The first-order valence-electron chi connectivity index (χ1n) is 6.29. The van der Waals surface area contributed by atoms with Gasteiger partial charge in [0.15, 0.2) is 11.6 Å². The molecule has 0 amide bonds. The molecule has 0 aliphatic heterocycles. The van der Waals surface area contributed by atoms with E-state index in [-0.39, 0.29) is 17.6 Å². The van der Waals surface area contributed by atoms with Gasteiger partial charge in [-0.05, 0) is 30.5 Å². The predicted molar refractivity (Wildman–Crippen MR) is 75.7 cm³/mol. The van der Waals surface area contributed by atoms with Crippen LogP contribution in [0.3, 0.4) is 0 Å². The molecule has 2 rings (SSSR count). The third-order valence-electron chi connectivity index (χ3n) is 3.01. The summed E-state index contributed by atoms with van der Waals surface area (Å²) in [7, 11) is 1.47. The maximum Gasteiger partial charge on any atom is 0.172 e. The zero-order valence-electron chi connectivity index (χ0n) is 11.2. The molecule has 0 bridgehead atoms. The standard InChI is InChI=1S/C16H18FNO/c1-11(18)10-12-6-8-13(9-7-12)14-4-3-5-15(19-2)16(14)17/h3-9,11H,10,18H2,1-2H3. The molecule has 19 heavy (non-hydrogen) atoms. The van der Waals surface area contributed by atoms with Crippen molar-refractivity contribution in [3.8, 4) is 16.9 Å². The van der Waals surface area contributed by atoms with Gasteiger partial charge in [0, 0.05) is 11.6 Å². The Bertz CT molecular complexity index is 549. The molecular formula is C16H18FNO. The monoisotopic (exact) mass is 259 g/mol. The van der Waals surface area contributed by atoms with Crippen molar-refractivity contribution >= 4 is 0 Å². The summed E-state index contributed by atoms with van der Waals surface area (Å²) in [5, 5.41) is 0. The molecule has 0 saturated carbocycles. The van der Waals surface area contributed by atoms with Crippen LogP contribution in [-0.4, -0.2) is 13.2 Å². The largest absolute Gasteiger partial charge is 0.494 e. The van der Waals surface area contributed by atoms with E-state index in [1.54, 1.807) is 18.2 Å². The van der Waals surface area contributed by atoms with Crippen LogP contribution < -0.4 is 10.5 Å². The molecule has 0 saturated heterocycles. The summed E-state index contributed by atoms with van der Waals surface area (Å²) in [6.45, 7) is 1.97. The lowest BCUT2D eigenvalue weighted by Gasteiger charge is -2.09. The second kappa shape index (κ2) is 5.85. The summed E-state index contributed by atoms with van der Waals surface area (Å²) >= 11 is 0. The van der Waals surface area contributed by atoms with Crippen LogP contribution in [0.15, 0.2) is 42.5 Å². The molecule has 1 atom stereocenters. The Hall–Kier alpha value is -1.87. The normalized spacial score (nSPS) is 12.2. The van der Waals surface area contributed by atoms with Gasteiger partial charge in [0.25, 0.3) is 0 Å². The lowest BCUT2D eigenvalue weighted by molar-refractivity contribution is 0.387. The second-order valence-electron chi connectivity index (χ2n) is 4.70. The lowest BCUT2D eigenvalue weighted by Crippen LogP contribution is -2.17. The molecule has 0 spiro atoms. The molecule has 2 aromatic carbocycles. The number of hydrogen-bond donors (Lipinski definition) is 1. The van der Waals surface area contributed by atoms with Crippen molar-refractivity contribution in [2.45, 2.75) is 19.4 Å². The summed E-state index contributed by atoms with van der Waals surface area (Å²) in [5.41, 5.74) is 8.30. The van der Waals surface area contributed by atoms with Crippen LogP contribution in [0.5, 0.6) is 5.75 Å². The Balaban J connectivity index is 2.32. The Morgan fingerprint density at radius 2 is 1.84 bits per heavy atom. The summed E-state index contributed by atoms with van der Waals surface area (Å²) in [6, 6.07) is 13.1. The quantitative estimate of drug-likeness (QED) is 0.913. The first-order valence-corrected chi connectivity index (χ1v) is 6.29. The lowest BCUT2D eigenvalue weighted by atomic mass is 10.0. The molecular weight excluding hydrogens is 241 g/mol. The van der Waals surface area contributed by atoms with Crippen LogP contribution in [0.1, 0.15) is 12.5 Å². The summed E-state index contributed by atoms with van der Waals surface area (Å²) in [6.07, 6.45) is 0.820. The highest BCUT2D eigenvalue weighted by atomic mass is 19.1. The van der Waals surface area contributed by atoms with Gasteiger partial charge in [-0.25, -0.2) is 4.39 Å². The molecule has 0 radical (unpaired) electrons. The zero-order chi connectivity index (χ0) is 13.8. The van der Waals surface area contributed by atoms with Gasteiger partial charge in [0.1, 0.15) is 0 Å². The van der Waals surface area contributed by atoms with Gasteiger partial charge < -0.3 is 10.5 Å². The van der Waals surface area contributed by atoms with Crippen molar-refractivity contribution in [2.24, 2.45) is 5.73 Å². The van der Waals surface area contributed by atoms with Gasteiger partial charge in [0.05, 0.1) is 7.11 Å². The van der Waals surface area contributed by atoms with Gasteiger partial charge in [-0.2, -0.15) is 0 Å². The maximum atomic E-state index is 14.1. The Labute approximate surface area is 113 Å². The van der Waals surface area contributed by atoms with Crippen molar-refractivity contribution in [3.63, 3.8) is 0 Å². The highest BCUT2D eigenvalue weighted by Gasteiger charge is 2.10. The van der Waals surface area contributed by atoms with Crippen LogP contribution in [0.25, 0.3) is 11.1 Å². The number of ether oxygens (including phenoxy) is 1. The number of halogens is 1. The maximum absolute atomic E-state index is 14.1. The van der Waals surface area contributed by atoms with Crippen molar-refractivity contribution in [1.29, 1.82) is 0 Å². The molecule has 2 N–H and O–H groups in total. The number of nitrogens with two attached hydrogens (primary N) is 1. The highest BCUT2D eigenvalue weighted by Crippen LogP contribution is 2.29. The molecule has 100 valence electrons. The fraction of sp³-hybridized carbons (Fsp3) is 0.250. The number of rotatable bonds is 4. The van der Waals surface area contributed by atoms with E-state index in [2.05, 4.69) is 0 Å². The summed E-state index contributed by atoms with van der Waals surface area (Å²) in [4.78, 5) is 0. The molecule has 2 aromatic rings. The minimum absolute atomic E-state index is 0.124. The van der Waals surface area contributed by atoms with Crippen molar-refractivity contribution in [1.82, 2.24) is 0 Å². The predicted octanol–water partition coefficient (Wildman–Crippen LogP) is 3.39. The van der Waals surface area contributed by atoms with Crippen LogP contribution in [0, 0.1) is 5.82 Å². The highest BCUT2D eigenvalue weighted by molar-refractivity contribution is 5.66. The van der Waals surface area contributed by atoms with E-state index in [4.69, 9.17) is 10.5 Å². The van der Waals surface area contributed by atoms with Crippen LogP contribution in [-0.2, 0) is 6.42 Å². The molecule has 0 aromatic heterocycles. The van der Waals surface area contributed by atoms with Gasteiger partial charge in [-0.15, -0.1) is 0 Å². The SMILES string of the molecule is COc1cccc(-c2ccc(CC(C)N)cc2)c1F. The van der Waals surface area contributed by atoms with Crippen LogP contribution in [0.4, 0.5) is 4.39 Å². The number of benzene rings is 2. The van der Waals surface area contributed by atoms with Crippen LogP contribution in [0.2, 0.25) is 0 Å². The van der Waals surface area contributed by atoms with E-state index in [1.165, 1.54) is 7.11 Å². The van der Waals surface area contributed by atoms with E-state index < -0.39 is 0 Å². The molecule has 3 heteroatoms. The smallest absolute Gasteiger partial charge is 0.172 e. The number of hydrogen-bond acceptors (Lipinski definition) is 2. The third kappa shape index (κ3) is 3.12. The minimum atomic E-state index is -0.329. The first-order chi connectivity index (χ1) is 9.11. The molecule has 0 heterocycles. The Morgan fingerprint density at radius 3 is 2.42 bits per heavy atom. The third-order valence-corrected chi connectivity index (χ3v) is 3.01. The molecule has 1 unspecified atom stereocenters. The van der Waals surface area contributed by atoms with E-state index >= 15 is 0 Å². The van der Waals surface area contributed by atoms with E-state index in [0.29, 0.717) is 5.56 Å². The fourth-order valence-electron chi connectivity index (χ4n) is 2.08. The average molecular weight is 259 g/mol. The molecule has 0 fully saturated rings. The van der Waals surface area contributed by atoms with Gasteiger partial charge in [-0.1, -0.05) is 36.4 Å². The van der Waals surface area contributed by atoms with Gasteiger partial charge in [0.2, 0.25) is 0 Å². The van der Waals surface area contributed by atoms with Crippen molar-refractivity contribution < 1.29 is 9.13 Å². The molecule has 2 nitrogen and oxygen atoms in total. The van der Waals surface area contributed by atoms with Crippen molar-refractivity contribution in [3.05, 3.63) is 53.8 Å². The minimum Gasteiger partial charge on any atom is -0.494 e. The zero-order valence-corrected chi connectivity index (χ0v) is 11.2.